The van der Waals surface area contributed by atoms with Gasteiger partial charge in [0, 0.05) is 11.8 Å². The van der Waals surface area contributed by atoms with E-state index in [2.05, 4.69) is 85.1 Å². The third-order valence-electron chi connectivity index (χ3n) is 30.0. The molecule has 18 aliphatic rings. The van der Waals surface area contributed by atoms with Crippen molar-refractivity contribution in [2.24, 2.45) is 94.7 Å². The van der Waals surface area contributed by atoms with Gasteiger partial charge in [0.2, 0.25) is 0 Å². The Labute approximate surface area is 660 Å². The maximum atomic E-state index is 13.1. The van der Waals surface area contributed by atoms with Crippen molar-refractivity contribution in [2.45, 2.75) is 297 Å². The zero-order chi connectivity index (χ0) is 72.6. The number of nitrogens with one attached hydrogen (secondary N) is 16. The molecule has 34 nitrogen and oxygen atoms in total. The first-order valence-electron chi connectivity index (χ1n) is 39.2. The molecule has 8 saturated carbocycles. The first-order valence-corrected chi connectivity index (χ1v) is 48.0. The van der Waals surface area contributed by atoms with Crippen molar-refractivity contribution in [3.05, 3.63) is 0 Å². The van der Waals surface area contributed by atoms with E-state index >= 15 is 0 Å². The van der Waals surface area contributed by atoms with Crippen LogP contribution < -0.4 is 85.1 Å². The van der Waals surface area contributed by atoms with E-state index in [4.69, 9.17) is 0 Å². The summed E-state index contributed by atoms with van der Waals surface area (Å²) in [4.78, 5) is 0. The van der Waals surface area contributed by atoms with E-state index in [1.807, 2.05) is 0 Å². The maximum absolute atomic E-state index is 13.1. The quantitative estimate of drug-likeness (QED) is 0.114. The zero-order valence-corrected chi connectivity index (χ0v) is 67.1. The molecule has 0 amide bonds. The Kier molecular flexibility index (Phi) is 25.0. The number of fused-ring (bicyclic) bond motifs is 40. The van der Waals surface area contributed by atoms with Crippen molar-refractivity contribution in [1.29, 1.82) is 0 Å². The van der Waals surface area contributed by atoms with Gasteiger partial charge in [-0.05, 0) is 173 Å². The van der Waals surface area contributed by atoms with Crippen molar-refractivity contribution in [3.63, 3.8) is 0 Å². The van der Waals surface area contributed by atoms with Gasteiger partial charge in [-0.15, -0.1) is 0 Å². The summed E-state index contributed by atoms with van der Waals surface area (Å²) in [7, 11) is -33.7. The van der Waals surface area contributed by atoms with Crippen LogP contribution in [-0.4, -0.2) is 208 Å². The van der Waals surface area contributed by atoms with Crippen LogP contribution in [0, 0.1) is 94.7 Å². The van der Waals surface area contributed by atoms with Crippen molar-refractivity contribution in [3.8, 4) is 0 Å². The fourth-order valence-electron chi connectivity index (χ4n) is 25.9. The van der Waals surface area contributed by atoms with Crippen LogP contribution in [0.1, 0.15) is 167 Å². The fourth-order valence-corrected chi connectivity index (χ4v) is 35.8. The minimum Gasteiger partial charge on any atom is -0.748 e. The maximum Gasteiger partial charge on any atom is 2.00 e. The van der Waals surface area contributed by atoms with E-state index in [-0.39, 0.29) is 172 Å². The molecule has 43 heteroatoms. The molecule has 38 atom stereocenters. The molecule has 38 unspecified atom stereocenters. The van der Waals surface area contributed by atoms with Crippen molar-refractivity contribution in [1.82, 2.24) is 85.1 Å². The normalized spacial score (nSPS) is 50.9. The Balaban J connectivity index is 0.000000175. The molecule has 613 valence electrons. The molecule has 8 aliphatic carbocycles. The minimum atomic E-state index is -5.73. The Morgan fingerprint density at radius 3 is 0.439 bits per heavy atom. The second-order valence-electron chi connectivity index (χ2n) is 34.8. The average Bonchev–Trinajstić information content (AvgIpc) is 1.68. The summed E-state index contributed by atoms with van der Waals surface area (Å²) >= 11 is 0. The Morgan fingerprint density at radius 2 is 0.308 bits per heavy atom. The molecular formula is C64H106Co3N16O18S6. The second-order valence-corrected chi connectivity index (χ2v) is 44.1. The first kappa shape index (κ1) is 83.8. The topological polar surface area (TPSA) is 536 Å². The van der Waals surface area contributed by atoms with Crippen LogP contribution in [-0.2, 0) is 111 Å². The molecule has 0 aromatic heterocycles. The molecule has 16 N–H and O–H groups in total. The molecule has 0 aromatic carbocycles. The van der Waals surface area contributed by atoms with Gasteiger partial charge in [0.1, 0.15) is 20.2 Å². The fraction of sp³-hybridized carbons (Fsp3) is 1.00. The number of rotatable bonds is 6. The Hall–Kier alpha value is 0.339. The van der Waals surface area contributed by atoms with Gasteiger partial charge in [-0.25, -0.2) is 50.5 Å². The van der Waals surface area contributed by atoms with Gasteiger partial charge >= 0.3 is 50.3 Å². The van der Waals surface area contributed by atoms with Gasteiger partial charge in [0.25, 0.3) is 0 Å². The van der Waals surface area contributed by atoms with E-state index in [9.17, 15) is 77.8 Å². The SMILES string of the molecule is O=S(=O)([O-])C1CC2C3NC4NC(NC5NC(NC6NC(NC(N3)C2C(S(=O)(=O)[O-])C1S(=O)(=O)[O-])C1CCCCC61)C1CCCCC51)C1CCCCC41.O=S(=O)([O-])C1CC2C3NC4NC(NC5NC(NC6NC(NC(N3)C2C(S(=O)(=O)[O-])C1S(=O)(=O)[O-])C1CCCCC61)C1CCCCC51)C1CCCCC41.[Co+2].[Co+2].[Co+2]. The summed E-state index contributed by atoms with van der Waals surface area (Å²) in [6.45, 7) is 0. The molecule has 10 aliphatic heterocycles. The van der Waals surface area contributed by atoms with E-state index in [1.54, 1.807) is 0 Å². The van der Waals surface area contributed by atoms with Gasteiger partial charge in [-0.1, -0.05) is 77.0 Å². The molecule has 16 bridgehead atoms. The van der Waals surface area contributed by atoms with E-state index < -0.39 is 153 Å². The van der Waals surface area contributed by atoms with Gasteiger partial charge in [-0.3, -0.25) is 85.1 Å². The largest absolute Gasteiger partial charge is 2.00 e. The van der Waals surface area contributed by atoms with Crippen LogP contribution in [0.5, 0.6) is 0 Å². The Morgan fingerprint density at radius 1 is 0.178 bits per heavy atom. The molecule has 18 fully saturated rings. The molecule has 10 heterocycles. The molecule has 0 aromatic rings. The smallest absolute Gasteiger partial charge is 0.748 e. The zero-order valence-electron chi connectivity index (χ0n) is 59.1. The van der Waals surface area contributed by atoms with Crippen LogP contribution >= 0.6 is 0 Å². The molecule has 3 radical (unpaired) electrons. The van der Waals surface area contributed by atoms with Crippen molar-refractivity contribution >= 4 is 60.7 Å². The summed E-state index contributed by atoms with van der Waals surface area (Å²) in [6, 6.07) is 0. The van der Waals surface area contributed by atoms with E-state index in [0.717, 1.165) is 128 Å². The third kappa shape index (κ3) is 15.8. The molecule has 107 heavy (non-hydrogen) atoms. The van der Waals surface area contributed by atoms with Crippen LogP contribution in [0.15, 0.2) is 0 Å². The summed E-state index contributed by atoms with van der Waals surface area (Å²) in [5.74, 6) is -1.00. The number of hydrogen-bond acceptors (Lipinski definition) is 34. The van der Waals surface area contributed by atoms with Gasteiger partial charge in [0.15, 0.2) is 0 Å². The van der Waals surface area contributed by atoms with E-state index in [0.29, 0.717) is 23.7 Å². The van der Waals surface area contributed by atoms with Crippen molar-refractivity contribution in [2.75, 3.05) is 0 Å². The number of hydrogen-bond donors (Lipinski definition) is 16. The van der Waals surface area contributed by atoms with Gasteiger partial charge < -0.3 is 27.3 Å². The predicted octanol–water partition coefficient (Wildman–Crippen LogP) is -3.65. The second kappa shape index (κ2) is 31.9. The predicted molar refractivity (Wildman–Crippen MR) is 368 cm³/mol. The summed E-state index contributed by atoms with van der Waals surface area (Å²) in [5, 5.41) is 45.1. The van der Waals surface area contributed by atoms with E-state index in [1.165, 1.54) is 25.7 Å². The van der Waals surface area contributed by atoms with Crippen LogP contribution in [0.25, 0.3) is 0 Å². The third-order valence-corrected chi connectivity index (χ3v) is 38.2. The van der Waals surface area contributed by atoms with Crippen molar-refractivity contribution < 1.29 is 128 Å². The summed E-state index contributed by atoms with van der Waals surface area (Å²) in [5.41, 5.74) is 0. The first-order chi connectivity index (χ1) is 49.3. The minimum absolute atomic E-state index is 0. The van der Waals surface area contributed by atoms with Gasteiger partial charge in [-0.2, -0.15) is 0 Å². The van der Waals surface area contributed by atoms with Crippen LogP contribution in [0.3, 0.4) is 0 Å². The molecule has 0 spiro atoms. The molecular weight excluding hydrogens is 1650 g/mol. The standard InChI is InChI=1S/2C32H56N8O9S3.3Co/c2*41-50(42,43)21-13-20-22(24(52(47,48)49)23(21)51(44,45)46)32-39-30-19-12-6-5-11-18(19)28(37-30)35-26-15-8-2-1-7-14(15)25(33-26)34-27-16-9-3-4-10-17(16)29(36-27)38-31(20)40-32;;;/h2*14-40H,1-13H2,(H,41,42,43)(H,44,45,46)(H,47,48,49);;;/q;;3*+2/p-6. The Bertz CT molecular complexity index is 3680. The summed E-state index contributed by atoms with van der Waals surface area (Å²) < 4.78 is 231. The van der Waals surface area contributed by atoms with Gasteiger partial charge in [0.05, 0.1) is 171 Å². The molecule has 10 saturated heterocycles. The average molecular weight is 1760 g/mol. The summed E-state index contributed by atoms with van der Waals surface area (Å²) in [6.07, 6.45) is 19.5. The molecule has 18 rings (SSSR count). The monoisotopic (exact) mass is 1760 g/mol. The van der Waals surface area contributed by atoms with Crippen LogP contribution in [0.4, 0.5) is 0 Å². The van der Waals surface area contributed by atoms with Crippen LogP contribution in [0.2, 0.25) is 0 Å².